The third kappa shape index (κ3) is 2.52. The molecule has 0 saturated carbocycles. The monoisotopic (exact) mass is 136 g/mol. The smallest absolute Gasteiger partial charge is 0.139 e. The molecule has 0 bridgehead atoms. The molecule has 0 aromatic carbocycles. The Morgan fingerprint density at radius 3 is 2.60 bits per heavy atom. The Kier molecular flexibility index (Phi) is 4.36. The second-order valence-corrected chi connectivity index (χ2v) is 1.79. The summed E-state index contributed by atoms with van der Waals surface area (Å²) in [5, 5.41) is 9.20. The molecule has 1 N–H and O–H groups in total. The predicted octanol–water partition coefficient (Wildman–Crippen LogP) is 1.50. The highest BCUT2D eigenvalue weighted by molar-refractivity contribution is 5.28. The van der Waals surface area contributed by atoms with Gasteiger partial charge in [0.2, 0.25) is 0 Å². The van der Waals surface area contributed by atoms with E-state index in [2.05, 4.69) is 18.4 Å². The average molecular weight is 136 g/mol. The molecule has 0 radical (unpaired) electrons. The lowest BCUT2D eigenvalue weighted by molar-refractivity contribution is 0.272. The molecule has 54 valence electrons. The molecular weight excluding hydrogens is 124 g/mol. The lowest BCUT2D eigenvalue weighted by Crippen LogP contribution is -2.04. The molecule has 0 fully saturated rings. The molecule has 0 aliphatic heterocycles. The summed E-state index contributed by atoms with van der Waals surface area (Å²) < 4.78 is 0. The summed E-state index contributed by atoms with van der Waals surface area (Å²) in [6.45, 7) is 7.08. The van der Waals surface area contributed by atoms with Crippen molar-refractivity contribution in [3.8, 4) is 11.8 Å². The van der Waals surface area contributed by atoms with Crippen LogP contribution in [0.25, 0.3) is 0 Å². The topological polar surface area (TPSA) is 20.2 Å². The van der Waals surface area contributed by atoms with Crippen LogP contribution in [0.1, 0.15) is 13.8 Å². The summed E-state index contributed by atoms with van der Waals surface area (Å²) in [5.41, 5.74) is 0.759. The lowest BCUT2D eigenvalue weighted by atomic mass is 10.1. The average Bonchev–Trinajstić information content (AvgIpc) is 1.91. The Labute approximate surface area is 62.1 Å². The molecule has 10 heavy (non-hydrogen) atoms. The number of aliphatic hydroxyl groups is 1. The van der Waals surface area contributed by atoms with Crippen LogP contribution < -0.4 is 0 Å². The maximum Gasteiger partial charge on any atom is 0.139 e. The van der Waals surface area contributed by atoms with Crippen LogP contribution in [0.5, 0.6) is 0 Å². The molecule has 0 rings (SSSR count). The van der Waals surface area contributed by atoms with Crippen LogP contribution in [0, 0.1) is 11.8 Å². The Balaban J connectivity index is 4.26. The molecular formula is C9H12O. The van der Waals surface area contributed by atoms with Crippen molar-refractivity contribution in [1.29, 1.82) is 0 Å². The second-order valence-electron chi connectivity index (χ2n) is 1.79. The Bertz CT molecular complexity index is 191. The predicted molar refractivity (Wildman–Crippen MR) is 43.4 cm³/mol. The van der Waals surface area contributed by atoms with Gasteiger partial charge in [-0.25, -0.2) is 0 Å². The first-order valence-electron chi connectivity index (χ1n) is 3.15. The van der Waals surface area contributed by atoms with Gasteiger partial charge in [0, 0.05) is 0 Å². The number of hydrogen-bond acceptors (Lipinski definition) is 1. The van der Waals surface area contributed by atoms with Crippen LogP contribution >= 0.6 is 0 Å². The zero-order chi connectivity index (χ0) is 7.98. The van der Waals surface area contributed by atoms with E-state index in [9.17, 15) is 5.11 Å². The van der Waals surface area contributed by atoms with E-state index < -0.39 is 6.10 Å². The summed E-state index contributed by atoms with van der Waals surface area (Å²) in [7, 11) is 0. The number of aliphatic hydroxyl groups excluding tert-OH is 1. The van der Waals surface area contributed by atoms with Crippen molar-refractivity contribution in [2.24, 2.45) is 0 Å². The highest BCUT2D eigenvalue weighted by Crippen LogP contribution is 2.01. The summed E-state index contributed by atoms with van der Waals surface area (Å²) in [5.74, 6) is 5.24. The van der Waals surface area contributed by atoms with Crippen molar-refractivity contribution in [3.63, 3.8) is 0 Å². The Hall–Kier alpha value is -1.00. The van der Waals surface area contributed by atoms with Crippen molar-refractivity contribution in [2.45, 2.75) is 20.0 Å². The Morgan fingerprint density at radius 1 is 1.70 bits per heavy atom. The first kappa shape index (κ1) is 9.00. The van der Waals surface area contributed by atoms with Crippen LogP contribution in [-0.4, -0.2) is 11.2 Å². The molecule has 0 amide bonds. The van der Waals surface area contributed by atoms with Crippen LogP contribution in [0.3, 0.4) is 0 Å². The SMILES string of the molecule is C=CC(=CC)C(O)C#CC. The molecule has 0 aliphatic carbocycles. The first-order valence-corrected chi connectivity index (χ1v) is 3.15. The fraction of sp³-hybridized carbons (Fsp3) is 0.333. The zero-order valence-electron chi connectivity index (χ0n) is 6.39. The van der Waals surface area contributed by atoms with Gasteiger partial charge in [0.1, 0.15) is 6.10 Å². The third-order valence-corrected chi connectivity index (χ3v) is 1.17. The van der Waals surface area contributed by atoms with E-state index in [1.54, 1.807) is 19.1 Å². The van der Waals surface area contributed by atoms with Crippen LogP contribution in [0.15, 0.2) is 24.3 Å². The maximum absolute atomic E-state index is 9.20. The molecule has 1 atom stereocenters. The van der Waals surface area contributed by atoms with E-state index in [0.717, 1.165) is 5.57 Å². The van der Waals surface area contributed by atoms with Gasteiger partial charge < -0.3 is 5.11 Å². The number of hydrogen-bond donors (Lipinski definition) is 1. The van der Waals surface area contributed by atoms with Crippen molar-refractivity contribution in [1.82, 2.24) is 0 Å². The summed E-state index contributed by atoms with van der Waals surface area (Å²) in [6.07, 6.45) is 2.73. The fourth-order valence-electron chi connectivity index (χ4n) is 0.607. The standard InChI is InChI=1S/C9H12O/c1-4-7-9(10)8(5-2)6-3/h5-6,9-10H,2H2,1,3H3. The highest BCUT2D eigenvalue weighted by Gasteiger charge is 1.99. The van der Waals surface area contributed by atoms with Gasteiger partial charge in [-0.15, -0.1) is 5.92 Å². The molecule has 1 heteroatoms. The van der Waals surface area contributed by atoms with Gasteiger partial charge in [-0.05, 0) is 19.4 Å². The minimum absolute atomic E-state index is 0.674. The summed E-state index contributed by atoms with van der Waals surface area (Å²) in [6, 6.07) is 0. The van der Waals surface area contributed by atoms with E-state index >= 15 is 0 Å². The Morgan fingerprint density at radius 2 is 2.30 bits per heavy atom. The maximum atomic E-state index is 9.20. The third-order valence-electron chi connectivity index (χ3n) is 1.17. The van der Waals surface area contributed by atoms with E-state index in [4.69, 9.17) is 0 Å². The molecule has 1 unspecified atom stereocenters. The van der Waals surface area contributed by atoms with Gasteiger partial charge in [-0.1, -0.05) is 24.7 Å². The molecule has 0 saturated heterocycles. The molecule has 0 aliphatic rings. The van der Waals surface area contributed by atoms with Gasteiger partial charge in [0.25, 0.3) is 0 Å². The van der Waals surface area contributed by atoms with Crippen molar-refractivity contribution in [2.75, 3.05) is 0 Å². The van der Waals surface area contributed by atoms with E-state index in [0.29, 0.717) is 0 Å². The molecule has 0 aromatic rings. The van der Waals surface area contributed by atoms with Gasteiger partial charge in [0.15, 0.2) is 0 Å². The largest absolute Gasteiger partial charge is 0.376 e. The van der Waals surface area contributed by atoms with E-state index in [-0.39, 0.29) is 0 Å². The van der Waals surface area contributed by atoms with Crippen molar-refractivity contribution >= 4 is 0 Å². The fourth-order valence-corrected chi connectivity index (χ4v) is 0.607. The van der Waals surface area contributed by atoms with Gasteiger partial charge in [-0.3, -0.25) is 0 Å². The van der Waals surface area contributed by atoms with Crippen LogP contribution in [0.2, 0.25) is 0 Å². The minimum Gasteiger partial charge on any atom is -0.376 e. The minimum atomic E-state index is -0.674. The molecule has 0 spiro atoms. The second kappa shape index (κ2) is 4.84. The quantitative estimate of drug-likeness (QED) is 0.450. The van der Waals surface area contributed by atoms with E-state index in [1.807, 2.05) is 6.92 Å². The number of allylic oxidation sites excluding steroid dienone is 1. The molecule has 0 heterocycles. The van der Waals surface area contributed by atoms with Crippen molar-refractivity contribution < 1.29 is 5.11 Å². The summed E-state index contributed by atoms with van der Waals surface area (Å²) >= 11 is 0. The lowest BCUT2D eigenvalue weighted by Gasteiger charge is -2.01. The first-order chi connectivity index (χ1) is 4.76. The van der Waals surface area contributed by atoms with Crippen molar-refractivity contribution in [3.05, 3.63) is 24.3 Å². The highest BCUT2D eigenvalue weighted by atomic mass is 16.3. The molecule has 0 aromatic heterocycles. The number of rotatable bonds is 2. The zero-order valence-corrected chi connectivity index (χ0v) is 6.39. The van der Waals surface area contributed by atoms with Gasteiger partial charge in [0.05, 0.1) is 0 Å². The van der Waals surface area contributed by atoms with Gasteiger partial charge in [-0.2, -0.15) is 0 Å². The summed E-state index contributed by atoms with van der Waals surface area (Å²) in [4.78, 5) is 0. The van der Waals surface area contributed by atoms with Gasteiger partial charge >= 0.3 is 0 Å². The van der Waals surface area contributed by atoms with Crippen LogP contribution in [0.4, 0.5) is 0 Å². The molecule has 1 nitrogen and oxygen atoms in total. The van der Waals surface area contributed by atoms with Crippen LogP contribution in [-0.2, 0) is 0 Å². The normalized spacial score (nSPS) is 13.3. The van der Waals surface area contributed by atoms with E-state index in [1.165, 1.54) is 0 Å².